The molecule has 0 aromatic carbocycles. The van der Waals surface area contributed by atoms with Crippen LogP contribution >= 0.6 is 0 Å². The van der Waals surface area contributed by atoms with Crippen molar-refractivity contribution in [1.82, 2.24) is 9.97 Å². The van der Waals surface area contributed by atoms with Crippen LogP contribution in [0.5, 0.6) is 0 Å². The van der Waals surface area contributed by atoms with Crippen LogP contribution in [-0.2, 0) is 12.8 Å². The van der Waals surface area contributed by atoms with Gasteiger partial charge >= 0.3 is 0 Å². The molecule has 60 valence electrons. The number of rotatable bonds is 0. The van der Waals surface area contributed by atoms with Gasteiger partial charge in [-0.3, -0.25) is 0 Å². The lowest BCUT2D eigenvalue weighted by atomic mass is 10.0. The largest absolute Gasteiger partial charge is 0.348 e. The molecule has 1 atom stereocenters. The Morgan fingerprint density at radius 3 is 3.18 bits per heavy atom. The third-order valence-corrected chi connectivity index (χ3v) is 2.57. The SMILES string of the molecule is CC1CCc2nc[nH]c2CC1. The molecular weight excluding hydrogens is 136 g/mol. The minimum Gasteiger partial charge on any atom is -0.348 e. The Morgan fingerprint density at radius 2 is 2.27 bits per heavy atom. The molecule has 11 heavy (non-hydrogen) atoms. The van der Waals surface area contributed by atoms with E-state index in [1.54, 1.807) is 0 Å². The van der Waals surface area contributed by atoms with Gasteiger partial charge in [0.1, 0.15) is 0 Å². The van der Waals surface area contributed by atoms with Crippen molar-refractivity contribution in [3.8, 4) is 0 Å². The Morgan fingerprint density at radius 1 is 1.45 bits per heavy atom. The van der Waals surface area contributed by atoms with E-state index >= 15 is 0 Å². The molecule has 2 rings (SSSR count). The average molecular weight is 150 g/mol. The monoisotopic (exact) mass is 150 g/mol. The Balaban J connectivity index is 2.20. The van der Waals surface area contributed by atoms with Crippen molar-refractivity contribution < 1.29 is 0 Å². The van der Waals surface area contributed by atoms with Crippen LogP contribution in [0.3, 0.4) is 0 Å². The molecule has 1 N–H and O–H groups in total. The van der Waals surface area contributed by atoms with E-state index in [1.165, 1.54) is 37.1 Å². The van der Waals surface area contributed by atoms with Crippen molar-refractivity contribution >= 4 is 0 Å². The maximum absolute atomic E-state index is 4.30. The third-order valence-electron chi connectivity index (χ3n) is 2.57. The van der Waals surface area contributed by atoms with Crippen LogP contribution in [0.1, 0.15) is 31.2 Å². The van der Waals surface area contributed by atoms with Crippen molar-refractivity contribution in [2.75, 3.05) is 0 Å². The summed E-state index contributed by atoms with van der Waals surface area (Å²) in [6.07, 6.45) is 6.80. The fraction of sp³-hybridized carbons (Fsp3) is 0.667. The highest BCUT2D eigenvalue weighted by Gasteiger charge is 2.13. The number of nitrogens with one attached hydrogen (secondary N) is 1. The standard InChI is InChI=1S/C9H14N2/c1-7-2-4-8-9(5-3-7)11-6-10-8/h6-7H,2-5H2,1H3,(H,10,11). The molecule has 1 aliphatic rings. The molecule has 1 unspecified atom stereocenters. The molecule has 1 aliphatic carbocycles. The molecular formula is C9H14N2. The van der Waals surface area contributed by atoms with Gasteiger partial charge in [-0.2, -0.15) is 0 Å². The highest BCUT2D eigenvalue weighted by Crippen LogP contribution is 2.21. The van der Waals surface area contributed by atoms with Gasteiger partial charge in [0.05, 0.1) is 12.0 Å². The number of nitrogens with zero attached hydrogens (tertiary/aromatic N) is 1. The fourth-order valence-corrected chi connectivity index (χ4v) is 1.70. The third kappa shape index (κ3) is 1.30. The molecule has 1 aromatic rings. The molecule has 0 saturated heterocycles. The summed E-state index contributed by atoms with van der Waals surface area (Å²) in [5, 5.41) is 0. The van der Waals surface area contributed by atoms with Crippen molar-refractivity contribution in [1.29, 1.82) is 0 Å². The van der Waals surface area contributed by atoms with E-state index < -0.39 is 0 Å². The van der Waals surface area contributed by atoms with E-state index in [0.717, 1.165) is 5.92 Å². The van der Waals surface area contributed by atoms with E-state index in [-0.39, 0.29) is 0 Å². The number of H-pyrrole nitrogens is 1. The maximum Gasteiger partial charge on any atom is 0.0925 e. The van der Waals surface area contributed by atoms with Gasteiger partial charge in [0, 0.05) is 5.69 Å². The topological polar surface area (TPSA) is 28.7 Å². The van der Waals surface area contributed by atoms with E-state index in [2.05, 4.69) is 16.9 Å². The number of aryl methyl sites for hydroxylation is 2. The molecule has 2 nitrogen and oxygen atoms in total. The molecule has 0 amide bonds. The summed E-state index contributed by atoms with van der Waals surface area (Å²) in [6, 6.07) is 0. The zero-order valence-corrected chi connectivity index (χ0v) is 6.93. The van der Waals surface area contributed by atoms with Crippen LogP contribution in [0.4, 0.5) is 0 Å². The highest BCUT2D eigenvalue weighted by molar-refractivity contribution is 5.12. The van der Waals surface area contributed by atoms with Crippen molar-refractivity contribution in [2.24, 2.45) is 5.92 Å². The van der Waals surface area contributed by atoms with Gasteiger partial charge in [0.25, 0.3) is 0 Å². The molecule has 0 radical (unpaired) electrons. The zero-order valence-electron chi connectivity index (χ0n) is 6.93. The summed E-state index contributed by atoms with van der Waals surface area (Å²) >= 11 is 0. The van der Waals surface area contributed by atoms with E-state index in [0.29, 0.717) is 0 Å². The van der Waals surface area contributed by atoms with E-state index in [1.807, 2.05) is 6.33 Å². The van der Waals surface area contributed by atoms with Crippen molar-refractivity contribution in [2.45, 2.75) is 32.6 Å². The smallest absolute Gasteiger partial charge is 0.0925 e. The summed E-state index contributed by atoms with van der Waals surface area (Å²) in [4.78, 5) is 7.50. The lowest BCUT2D eigenvalue weighted by molar-refractivity contribution is 0.506. The second-order valence-electron chi connectivity index (χ2n) is 3.51. The summed E-state index contributed by atoms with van der Waals surface area (Å²) in [5.74, 6) is 0.873. The number of aromatic nitrogens is 2. The van der Waals surface area contributed by atoms with Crippen LogP contribution in [0.15, 0.2) is 6.33 Å². The molecule has 1 aromatic heterocycles. The normalized spacial score (nSPS) is 19.4. The number of imidazole rings is 1. The predicted octanol–water partition coefficient (Wildman–Crippen LogP) is 1.92. The van der Waals surface area contributed by atoms with E-state index in [9.17, 15) is 0 Å². The summed E-state index contributed by atoms with van der Waals surface area (Å²) in [5.41, 5.74) is 2.67. The van der Waals surface area contributed by atoms with Crippen molar-refractivity contribution in [3.05, 3.63) is 17.7 Å². The molecule has 0 aliphatic heterocycles. The van der Waals surface area contributed by atoms with Gasteiger partial charge < -0.3 is 4.98 Å². The average Bonchev–Trinajstić information content (AvgIpc) is 2.38. The Bertz CT molecular complexity index is 217. The molecule has 0 bridgehead atoms. The number of hydrogen-bond acceptors (Lipinski definition) is 1. The van der Waals surface area contributed by atoms with E-state index in [4.69, 9.17) is 0 Å². The fourth-order valence-electron chi connectivity index (χ4n) is 1.70. The quantitative estimate of drug-likeness (QED) is 0.562. The van der Waals surface area contributed by atoms with Gasteiger partial charge in [-0.05, 0) is 31.6 Å². The van der Waals surface area contributed by atoms with Crippen LogP contribution in [0.2, 0.25) is 0 Å². The van der Waals surface area contributed by atoms with Gasteiger partial charge in [0.2, 0.25) is 0 Å². The first-order chi connectivity index (χ1) is 5.36. The van der Waals surface area contributed by atoms with Gasteiger partial charge in [-0.15, -0.1) is 0 Å². The Hall–Kier alpha value is -0.790. The first kappa shape index (κ1) is 6.89. The number of hydrogen-bond donors (Lipinski definition) is 1. The van der Waals surface area contributed by atoms with Gasteiger partial charge in [-0.1, -0.05) is 6.92 Å². The van der Waals surface area contributed by atoms with Gasteiger partial charge in [0.15, 0.2) is 0 Å². The molecule has 0 spiro atoms. The van der Waals surface area contributed by atoms with Crippen LogP contribution < -0.4 is 0 Å². The minimum atomic E-state index is 0.873. The van der Waals surface area contributed by atoms with Crippen molar-refractivity contribution in [3.63, 3.8) is 0 Å². The molecule has 0 saturated carbocycles. The predicted molar refractivity (Wildman–Crippen MR) is 44.4 cm³/mol. The number of aromatic amines is 1. The minimum absolute atomic E-state index is 0.873. The first-order valence-corrected chi connectivity index (χ1v) is 4.37. The van der Waals surface area contributed by atoms with Crippen LogP contribution in [0.25, 0.3) is 0 Å². The second kappa shape index (κ2) is 2.68. The highest BCUT2D eigenvalue weighted by atomic mass is 14.9. The molecule has 1 heterocycles. The molecule has 0 fully saturated rings. The zero-order chi connectivity index (χ0) is 7.68. The Kier molecular flexibility index (Phi) is 1.68. The second-order valence-corrected chi connectivity index (χ2v) is 3.51. The molecule has 2 heteroatoms. The van der Waals surface area contributed by atoms with Crippen LogP contribution in [0, 0.1) is 5.92 Å². The Labute approximate surface area is 67.0 Å². The lowest BCUT2D eigenvalue weighted by Crippen LogP contribution is -1.93. The maximum atomic E-state index is 4.30. The summed E-state index contributed by atoms with van der Waals surface area (Å²) in [7, 11) is 0. The number of fused-ring (bicyclic) bond motifs is 1. The van der Waals surface area contributed by atoms with Crippen LogP contribution in [-0.4, -0.2) is 9.97 Å². The van der Waals surface area contributed by atoms with Gasteiger partial charge in [-0.25, -0.2) is 4.98 Å². The summed E-state index contributed by atoms with van der Waals surface area (Å²) in [6.45, 7) is 2.33. The lowest BCUT2D eigenvalue weighted by Gasteiger charge is -2.03. The summed E-state index contributed by atoms with van der Waals surface area (Å²) < 4.78 is 0. The first-order valence-electron chi connectivity index (χ1n) is 4.37.